The summed E-state index contributed by atoms with van der Waals surface area (Å²) in [5.41, 5.74) is 0.274. The van der Waals surface area contributed by atoms with Gasteiger partial charge in [-0.2, -0.15) is 0 Å². The molecule has 2 aliphatic heterocycles. The molecule has 2 aromatic rings. The number of aromatic nitrogens is 1. The first-order valence-electron chi connectivity index (χ1n) is 15.5. The maximum Gasteiger partial charge on any atom is 0.407 e. The molecule has 3 heterocycles. The SMILES string of the molecule is CC(C)(C)OC(=O)NCCCC(=O)N1CCC[C@@H]1CNC(=O)c1cc(F)c(N2CCCC2)nc1NCCc1cccc(F)c1. The van der Waals surface area contributed by atoms with E-state index in [0.717, 1.165) is 31.2 Å². The molecule has 1 atom stereocenters. The molecule has 12 heteroatoms. The summed E-state index contributed by atoms with van der Waals surface area (Å²) >= 11 is 0. The highest BCUT2D eigenvalue weighted by molar-refractivity contribution is 5.99. The second-order valence-corrected chi connectivity index (χ2v) is 12.3. The molecule has 240 valence electrons. The third kappa shape index (κ3) is 9.52. The Kier molecular flexibility index (Phi) is 11.4. The van der Waals surface area contributed by atoms with Crippen LogP contribution in [0.4, 0.5) is 25.2 Å². The van der Waals surface area contributed by atoms with E-state index in [9.17, 15) is 18.8 Å². The fourth-order valence-corrected chi connectivity index (χ4v) is 5.53. The molecule has 4 rings (SSSR count). The smallest absolute Gasteiger partial charge is 0.407 e. The lowest BCUT2D eigenvalue weighted by Crippen LogP contribution is -2.43. The Labute approximate surface area is 257 Å². The van der Waals surface area contributed by atoms with E-state index in [1.54, 1.807) is 31.7 Å². The number of ether oxygens (including phenoxy) is 1. The third-order valence-electron chi connectivity index (χ3n) is 7.63. The molecule has 1 aromatic carbocycles. The molecular formula is C32H44F2N6O4. The van der Waals surface area contributed by atoms with Crippen molar-refractivity contribution < 1.29 is 27.9 Å². The van der Waals surface area contributed by atoms with Crippen LogP contribution < -0.4 is 20.9 Å². The minimum absolute atomic E-state index is 0.0462. The minimum Gasteiger partial charge on any atom is -0.444 e. The number of likely N-dealkylation sites (tertiary alicyclic amines) is 1. The van der Waals surface area contributed by atoms with E-state index in [0.29, 0.717) is 45.6 Å². The van der Waals surface area contributed by atoms with Gasteiger partial charge in [0.05, 0.1) is 5.56 Å². The normalized spacial score (nSPS) is 16.6. The summed E-state index contributed by atoms with van der Waals surface area (Å²) in [7, 11) is 0. The van der Waals surface area contributed by atoms with Crippen LogP contribution in [0.3, 0.4) is 0 Å². The quantitative estimate of drug-likeness (QED) is 0.299. The van der Waals surface area contributed by atoms with Crippen molar-refractivity contribution in [2.24, 2.45) is 0 Å². The van der Waals surface area contributed by atoms with Gasteiger partial charge in [-0.05, 0) is 83.1 Å². The number of anilines is 2. The number of carbonyl (C=O) groups excluding carboxylic acids is 3. The minimum atomic E-state index is -0.593. The average molecular weight is 615 g/mol. The first kappa shape index (κ1) is 32.9. The van der Waals surface area contributed by atoms with Crippen molar-refractivity contribution in [3.63, 3.8) is 0 Å². The summed E-state index contributed by atoms with van der Waals surface area (Å²) in [6, 6.07) is 7.33. The van der Waals surface area contributed by atoms with Crippen LogP contribution in [0, 0.1) is 11.6 Å². The maximum atomic E-state index is 15.2. The van der Waals surface area contributed by atoms with Crippen LogP contribution in [-0.4, -0.2) is 78.7 Å². The van der Waals surface area contributed by atoms with E-state index in [-0.39, 0.29) is 47.9 Å². The molecule has 1 aromatic heterocycles. The molecule has 0 bridgehead atoms. The van der Waals surface area contributed by atoms with Gasteiger partial charge in [-0.15, -0.1) is 0 Å². The van der Waals surface area contributed by atoms with E-state index < -0.39 is 23.4 Å². The van der Waals surface area contributed by atoms with Gasteiger partial charge in [-0.3, -0.25) is 9.59 Å². The second kappa shape index (κ2) is 15.2. The first-order valence-corrected chi connectivity index (χ1v) is 15.5. The highest BCUT2D eigenvalue weighted by Crippen LogP contribution is 2.27. The molecule has 3 N–H and O–H groups in total. The van der Waals surface area contributed by atoms with Crippen molar-refractivity contribution in [1.29, 1.82) is 0 Å². The molecule has 0 spiro atoms. The molecule has 0 radical (unpaired) electrons. The number of benzene rings is 1. The van der Waals surface area contributed by atoms with Crippen LogP contribution in [0.15, 0.2) is 30.3 Å². The van der Waals surface area contributed by atoms with Crippen LogP contribution in [0.25, 0.3) is 0 Å². The molecule has 0 saturated carbocycles. The fraction of sp³-hybridized carbons (Fsp3) is 0.562. The number of pyridine rings is 1. The number of nitrogens with zero attached hydrogens (tertiary/aromatic N) is 3. The van der Waals surface area contributed by atoms with E-state index in [1.165, 1.54) is 18.2 Å². The average Bonchev–Trinajstić information content (AvgIpc) is 3.66. The summed E-state index contributed by atoms with van der Waals surface area (Å²) in [6.45, 7) is 8.24. The Balaban J connectivity index is 1.35. The predicted octanol–water partition coefficient (Wildman–Crippen LogP) is 4.64. The van der Waals surface area contributed by atoms with Crippen molar-refractivity contribution >= 4 is 29.5 Å². The lowest BCUT2D eigenvalue weighted by atomic mass is 10.1. The lowest BCUT2D eigenvalue weighted by Gasteiger charge is -2.25. The second-order valence-electron chi connectivity index (χ2n) is 12.3. The Morgan fingerprint density at radius 2 is 1.80 bits per heavy atom. The Morgan fingerprint density at radius 3 is 2.52 bits per heavy atom. The predicted molar refractivity (Wildman–Crippen MR) is 165 cm³/mol. The van der Waals surface area contributed by atoms with Gasteiger partial charge in [0.1, 0.15) is 17.2 Å². The maximum absolute atomic E-state index is 15.2. The molecule has 0 aliphatic carbocycles. The number of carbonyl (C=O) groups is 3. The summed E-state index contributed by atoms with van der Waals surface area (Å²) in [5, 5.41) is 8.71. The molecule has 0 unspecified atom stereocenters. The molecule has 3 amide bonds. The number of alkyl carbamates (subject to hydrolysis) is 1. The van der Waals surface area contributed by atoms with Crippen molar-refractivity contribution in [2.75, 3.05) is 49.5 Å². The monoisotopic (exact) mass is 614 g/mol. The van der Waals surface area contributed by atoms with Crippen LogP contribution in [-0.2, 0) is 16.0 Å². The van der Waals surface area contributed by atoms with Crippen LogP contribution >= 0.6 is 0 Å². The topological polar surface area (TPSA) is 116 Å². The van der Waals surface area contributed by atoms with Gasteiger partial charge in [-0.1, -0.05) is 12.1 Å². The summed E-state index contributed by atoms with van der Waals surface area (Å²) in [6.07, 6.45) is 4.14. The molecule has 2 fully saturated rings. The van der Waals surface area contributed by atoms with E-state index >= 15 is 4.39 Å². The van der Waals surface area contributed by atoms with Gasteiger partial charge >= 0.3 is 6.09 Å². The Bertz CT molecular complexity index is 1310. The zero-order valence-corrected chi connectivity index (χ0v) is 25.9. The summed E-state index contributed by atoms with van der Waals surface area (Å²) in [4.78, 5) is 46.3. The Hall–Kier alpha value is -3.96. The van der Waals surface area contributed by atoms with E-state index in [1.807, 2.05) is 11.0 Å². The van der Waals surface area contributed by atoms with E-state index in [2.05, 4.69) is 20.9 Å². The van der Waals surface area contributed by atoms with Gasteiger partial charge in [0.15, 0.2) is 11.6 Å². The van der Waals surface area contributed by atoms with Gasteiger partial charge in [-0.25, -0.2) is 18.6 Å². The number of amides is 3. The lowest BCUT2D eigenvalue weighted by molar-refractivity contribution is -0.132. The van der Waals surface area contributed by atoms with Crippen molar-refractivity contribution in [3.05, 3.63) is 53.1 Å². The zero-order valence-electron chi connectivity index (χ0n) is 25.9. The van der Waals surface area contributed by atoms with Gasteiger partial charge < -0.3 is 30.5 Å². The third-order valence-corrected chi connectivity index (χ3v) is 7.63. The number of rotatable bonds is 12. The zero-order chi connectivity index (χ0) is 31.7. The van der Waals surface area contributed by atoms with Gasteiger partial charge in [0.25, 0.3) is 5.91 Å². The van der Waals surface area contributed by atoms with Crippen molar-refractivity contribution in [3.8, 4) is 0 Å². The van der Waals surface area contributed by atoms with Crippen LogP contribution in [0.2, 0.25) is 0 Å². The first-order chi connectivity index (χ1) is 21.0. The van der Waals surface area contributed by atoms with Gasteiger partial charge in [0.2, 0.25) is 5.91 Å². The molecular weight excluding hydrogens is 570 g/mol. The Morgan fingerprint density at radius 1 is 1.02 bits per heavy atom. The highest BCUT2D eigenvalue weighted by atomic mass is 19.1. The highest BCUT2D eigenvalue weighted by Gasteiger charge is 2.30. The number of hydrogen-bond acceptors (Lipinski definition) is 7. The molecule has 2 aliphatic rings. The van der Waals surface area contributed by atoms with Crippen LogP contribution in [0.1, 0.15) is 75.2 Å². The molecule has 44 heavy (non-hydrogen) atoms. The van der Waals surface area contributed by atoms with Crippen molar-refractivity contribution in [1.82, 2.24) is 20.5 Å². The largest absolute Gasteiger partial charge is 0.444 e. The number of nitrogens with one attached hydrogen (secondary N) is 3. The standard InChI is InChI=1S/C32H44F2N6O4/c1-32(2,3)44-31(43)36-14-7-12-27(41)40-18-8-11-24(40)21-37-30(42)25-20-26(34)29(39-16-4-5-17-39)38-28(25)35-15-13-22-9-6-10-23(33)19-22/h6,9-10,19-20,24H,4-5,7-8,11-18,21H2,1-3H3,(H,35,38)(H,36,43)(H,37,42)/t24-/m1/s1. The summed E-state index contributed by atoms with van der Waals surface area (Å²) < 4.78 is 34.1. The molecule has 2 saturated heterocycles. The fourth-order valence-electron chi connectivity index (χ4n) is 5.53. The molecule has 10 nitrogen and oxygen atoms in total. The summed E-state index contributed by atoms with van der Waals surface area (Å²) in [5.74, 6) is -0.949. The number of halogens is 2. The van der Waals surface area contributed by atoms with Crippen molar-refractivity contribution in [2.45, 2.75) is 77.4 Å². The van der Waals surface area contributed by atoms with Crippen LogP contribution in [0.5, 0.6) is 0 Å². The number of hydrogen-bond donors (Lipinski definition) is 3. The van der Waals surface area contributed by atoms with E-state index in [4.69, 9.17) is 4.74 Å². The van der Waals surface area contributed by atoms with Gasteiger partial charge in [0, 0.05) is 51.7 Å².